The van der Waals surface area contributed by atoms with E-state index >= 15 is 0 Å². The van der Waals surface area contributed by atoms with E-state index in [9.17, 15) is 0 Å². The maximum Gasteiger partial charge on any atom is 0.149 e. The molecule has 0 saturated heterocycles. The third-order valence-corrected chi connectivity index (χ3v) is 12.2. The summed E-state index contributed by atoms with van der Waals surface area (Å²) in [4.78, 5) is 5.37. The Morgan fingerprint density at radius 1 is 0.580 bits per heavy atom. The third kappa shape index (κ3) is 5.48. The summed E-state index contributed by atoms with van der Waals surface area (Å²) in [5, 5.41) is 3.69. The molecule has 0 spiro atoms. The third-order valence-electron chi connectivity index (χ3n) is 10.1. The van der Waals surface area contributed by atoms with E-state index in [0.717, 1.165) is 49.9 Å². The van der Waals surface area contributed by atoms with E-state index in [1.165, 1.54) is 38.7 Å². The van der Waals surface area contributed by atoms with Crippen LogP contribution in [0.2, 0.25) is 19.6 Å². The van der Waals surface area contributed by atoms with Crippen molar-refractivity contribution in [3.8, 4) is 39.3 Å². The first kappa shape index (κ1) is 32.0. The van der Waals surface area contributed by atoms with Gasteiger partial charge in [-0.05, 0) is 87.7 Å². The zero-order valence-electron chi connectivity index (χ0n) is 30.1. The summed E-state index contributed by atoms with van der Waals surface area (Å²) in [5.41, 5.74) is 13.5. The minimum absolute atomic E-state index is 0.288. The highest BCUT2D eigenvalue weighted by Crippen LogP contribution is 2.43. The molecule has 0 aliphatic rings. The largest absolute Gasteiger partial charge is 0.455 e. The van der Waals surface area contributed by atoms with Crippen LogP contribution in [-0.4, -0.2) is 17.6 Å². The molecule has 0 fully saturated rings. The Morgan fingerprint density at radius 2 is 1.22 bits per heavy atom. The summed E-state index contributed by atoms with van der Waals surface area (Å²) in [6, 6.07) is 46.2. The van der Waals surface area contributed by atoms with E-state index in [2.05, 4.69) is 179 Å². The van der Waals surface area contributed by atoms with Crippen LogP contribution in [0.15, 0.2) is 132 Å². The molecular formula is C46H44N2OSi. The van der Waals surface area contributed by atoms with Gasteiger partial charge in [-0.25, -0.2) is 4.98 Å². The van der Waals surface area contributed by atoms with Gasteiger partial charge in [0, 0.05) is 10.8 Å². The smallest absolute Gasteiger partial charge is 0.149 e. The summed E-state index contributed by atoms with van der Waals surface area (Å²) in [6.07, 6.45) is 0. The molecule has 8 aromatic rings. The molecule has 0 unspecified atom stereocenters. The minimum Gasteiger partial charge on any atom is -0.455 e. The molecule has 0 atom stereocenters. The average molecular weight is 669 g/mol. The van der Waals surface area contributed by atoms with Crippen LogP contribution in [0.5, 0.6) is 0 Å². The topological polar surface area (TPSA) is 31.0 Å². The van der Waals surface area contributed by atoms with Crippen molar-refractivity contribution >= 4 is 46.2 Å². The normalized spacial score (nSPS) is 12.3. The SMILES string of the molecule is CC(C)c1cc(-c2ccc([Si](C)(C)C)cc2)cc(C(C)C)c1-n1c(-c2cccc3c2oc2cc(-c4ccccc4)ccc23)nc2ccccc21. The maximum atomic E-state index is 6.80. The summed E-state index contributed by atoms with van der Waals surface area (Å²) >= 11 is 0. The first-order valence-electron chi connectivity index (χ1n) is 17.9. The summed E-state index contributed by atoms with van der Waals surface area (Å²) in [6.45, 7) is 16.5. The molecule has 8 rings (SSSR count). The highest BCUT2D eigenvalue weighted by Gasteiger charge is 2.26. The fourth-order valence-corrected chi connectivity index (χ4v) is 8.53. The number of aromatic nitrogens is 2. The second-order valence-electron chi connectivity index (χ2n) is 15.3. The van der Waals surface area contributed by atoms with Crippen molar-refractivity contribution in [2.24, 2.45) is 0 Å². The molecule has 0 bridgehead atoms. The molecule has 4 heteroatoms. The number of hydrogen-bond donors (Lipinski definition) is 0. The Morgan fingerprint density at radius 3 is 1.90 bits per heavy atom. The Hall–Kier alpha value is -5.19. The lowest BCUT2D eigenvalue weighted by Crippen LogP contribution is -2.37. The van der Waals surface area contributed by atoms with Crippen molar-refractivity contribution in [2.75, 3.05) is 0 Å². The summed E-state index contributed by atoms with van der Waals surface area (Å²) < 4.78 is 9.21. The minimum atomic E-state index is -1.39. The standard InChI is InChI=1S/C46H44N2OSi/c1-29(2)39-26-34(32-20-23-35(24-21-32)50(5,6)7)27-40(30(3)4)44(39)48-42-19-12-11-18-41(42)47-46(48)38-17-13-16-37-36-25-22-33(28-43(36)49-45(37)38)31-14-9-8-10-15-31/h8-30H,1-7H3. The molecule has 248 valence electrons. The fourth-order valence-electron chi connectivity index (χ4n) is 7.37. The van der Waals surface area contributed by atoms with Crippen LogP contribution in [0.25, 0.3) is 72.3 Å². The van der Waals surface area contributed by atoms with Gasteiger partial charge < -0.3 is 4.42 Å². The number of imidazole rings is 1. The van der Waals surface area contributed by atoms with Crippen molar-refractivity contribution in [3.63, 3.8) is 0 Å². The second-order valence-corrected chi connectivity index (χ2v) is 20.3. The number of para-hydroxylation sites is 3. The second kappa shape index (κ2) is 12.3. The average Bonchev–Trinajstić information content (AvgIpc) is 3.69. The molecule has 0 aliphatic heterocycles. The molecule has 3 nitrogen and oxygen atoms in total. The van der Waals surface area contributed by atoms with Gasteiger partial charge in [-0.3, -0.25) is 4.57 Å². The van der Waals surface area contributed by atoms with Gasteiger partial charge in [0.1, 0.15) is 17.0 Å². The summed E-state index contributed by atoms with van der Waals surface area (Å²) in [7, 11) is -1.39. The number of benzene rings is 6. The van der Waals surface area contributed by atoms with E-state index in [4.69, 9.17) is 9.40 Å². The predicted octanol–water partition coefficient (Wildman–Crippen LogP) is 12.7. The molecule has 0 saturated carbocycles. The van der Waals surface area contributed by atoms with Gasteiger partial charge >= 0.3 is 0 Å². The molecule has 0 N–H and O–H groups in total. The van der Waals surface area contributed by atoms with E-state index in [1.54, 1.807) is 0 Å². The lowest BCUT2D eigenvalue weighted by molar-refractivity contribution is 0.669. The van der Waals surface area contributed by atoms with Gasteiger partial charge in [-0.15, -0.1) is 0 Å². The Kier molecular flexibility index (Phi) is 7.88. The van der Waals surface area contributed by atoms with Crippen molar-refractivity contribution in [1.82, 2.24) is 9.55 Å². The Bertz CT molecular complexity index is 2480. The van der Waals surface area contributed by atoms with Crippen LogP contribution in [-0.2, 0) is 0 Å². The van der Waals surface area contributed by atoms with Gasteiger partial charge in [-0.1, -0.05) is 137 Å². The van der Waals surface area contributed by atoms with Crippen LogP contribution in [0, 0.1) is 0 Å². The predicted molar refractivity (Wildman–Crippen MR) is 216 cm³/mol. The zero-order valence-corrected chi connectivity index (χ0v) is 31.1. The number of fused-ring (bicyclic) bond motifs is 4. The van der Waals surface area contributed by atoms with Gasteiger partial charge in [0.05, 0.1) is 30.4 Å². The van der Waals surface area contributed by atoms with E-state index in [-0.39, 0.29) is 11.8 Å². The molecule has 2 heterocycles. The Labute approximate surface area is 296 Å². The number of hydrogen-bond acceptors (Lipinski definition) is 2. The van der Waals surface area contributed by atoms with Gasteiger partial charge in [0.25, 0.3) is 0 Å². The van der Waals surface area contributed by atoms with E-state index in [0.29, 0.717) is 0 Å². The zero-order chi connectivity index (χ0) is 34.7. The number of furan rings is 1. The molecular weight excluding hydrogens is 625 g/mol. The van der Waals surface area contributed by atoms with Crippen molar-refractivity contribution in [3.05, 3.63) is 139 Å². The Balaban J connectivity index is 1.37. The molecule has 0 amide bonds. The van der Waals surface area contributed by atoms with Crippen molar-refractivity contribution in [2.45, 2.75) is 59.2 Å². The molecule has 0 aliphatic carbocycles. The monoisotopic (exact) mass is 668 g/mol. The van der Waals surface area contributed by atoms with Crippen LogP contribution in [0.1, 0.15) is 50.7 Å². The van der Waals surface area contributed by atoms with Gasteiger partial charge in [-0.2, -0.15) is 0 Å². The first-order valence-corrected chi connectivity index (χ1v) is 21.4. The lowest BCUT2D eigenvalue weighted by atomic mass is 9.88. The molecule has 50 heavy (non-hydrogen) atoms. The van der Waals surface area contributed by atoms with Crippen LogP contribution in [0.4, 0.5) is 0 Å². The van der Waals surface area contributed by atoms with Crippen LogP contribution in [0.3, 0.4) is 0 Å². The van der Waals surface area contributed by atoms with Gasteiger partial charge in [0.2, 0.25) is 0 Å². The van der Waals surface area contributed by atoms with Crippen molar-refractivity contribution in [1.29, 1.82) is 0 Å². The maximum absolute atomic E-state index is 6.80. The van der Waals surface area contributed by atoms with Gasteiger partial charge in [0.15, 0.2) is 0 Å². The highest BCUT2D eigenvalue weighted by atomic mass is 28.3. The summed E-state index contributed by atoms with van der Waals surface area (Å²) in [5.74, 6) is 1.47. The lowest BCUT2D eigenvalue weighted by Gasteiger charge is -2.24. The molecule has 6 aromatic carbocycles. The first-order chi connectivity index (χ1) is 24.1. The quantitative estimate of drug-likeness (QED) is 0.158. The number of nitrogens with zero attached hydrogens (tertiary/aromatic N) is 2. The van der Waals surface area contributed by atoms with Crippen LogP contribution < -0.4 is 5.19 Å². The highest BCUT2D eigenvalue weighted by molar-refractivity contribution is 6.88. The fraction of sp³-hybridized carbons (Fsp3) is 0.196. The van der Waals surface area contributed by atoms with E-state index in [1.807, 2.05) is 0 Å². The number of rotatable bonds is 7. The van der Waals surface area contributed by atoms with E-state index < -0.39 is 8.07 Å². The molecule has 2 aromatic heterocycles. The van der Waals surface area contributed by atoms with Crippen molar-refractivity contribution < 1.29 is 4.42 Å². The molecule has 0 radical (unpaired) electrons. The van der Waals surface area contributed by atoms with Crippen LogP contribution >= 0.6 is 0 Å².